The van der Waals surface area contributed by atoms with E-state index in [0.29, 0.717) is 24.4 Å². The second kappa shape index (κ2) is 5.49. The fourth-order valence-corrected chi connectivity index (χ4v) is 2.52. The summed E-state index contributed by atoms with van der Waals surface area (Å²) >= 11 is 0. The maximum Gasteiger partial charge on any atom is 0.276 e. The number of rotatable bonds is 2. The summed E-state index contributed by atoms with van der Waals surface area (Å²) in [6.45, 7) is 4.16. The molecule has 0 radical (unpaired) electrons. The van der Waals surface area contributed by atoms with E-state index in [1.807, 2.05) is 0 Å². The molecular formula is C16H16FN3O3. The van der Waals surface area contributed by atoms with Crippen LogP contribution in [-0.4, -0.2) is 40.5 Å². The van der Waals surface area contributed by atoms with Crippen molar-refractivity contribution < 1.29 is 18.5 Å². The zero-order chi connectivity index (χ0) is 16.6. The maximum atomic E-state index is 13.0. The van der Waals surface area contributed by atoms with Crippen molar-refractivity contribution in [3.05, 3.63) is 41.8 Å². The summed E-state index contributed by atoms with van der Waals surface area (Å²) in [6.07, 6.45) is 0. The highest BCUT2D eigenvalue weighted by molar-refractivity contribution is 5.98. The molecular weight excluding hydrogens is 301 g/mol. The Hall–Kier alpha value is -2.70. The number of piperazine rings is 1. The summed E-state index contributed by atoms with van der Waals surface area (Å²) in [5, 5.41) is 6.52. The second-order valence-corrected chi connectivity index (χ2v) is 5.86. The van der Waals surface area contributed by atoms with Gasteiger partial charge in [0.05, 0.1) is 0 Å². The lowest BCUT2D eigenvalue weighted by Crippen LogP contribution is -2.63. The summed E-state index contributed by atoms with van der Waals surface area (Å²) in [6, 6.07) is 7.19. The van der Waals surface area contributed by atoms with Gasteiger partial charge in [-0.05, 0) is 38.1 Å². The van der Waals surface area contributed by atoms with Gasteiger partial charge in [-0.25, -0.2) is 4.39 Å². The van der Waals surface area contributed by atoms with Crippen molar-refractivity contribution in [2.24, 2.45) is 0 Å². The molecule has 2 amide bonds. The smallest absolute Gasteiger partial charge is 0.276 e. The third kappa shape index (κ3) is 2.69. The summed E-state index contributed by atoms with van der Waals surface area (Å²) in [5.41, 5.74) is -0.217. The van der Waals surface area contributed by atoms with Crippen LogP contribution in [0.5, 0.6) is 0 Å². The topological polar surface area (TPSA) is 75.4 Å². The van der Waals surface area contributed by atoms with Gasteiger partial charge in [0.2, 0.25) is 5.91 Å². The van der Waals surface area contributed by atoms with Crippen LogP contribution in [0.3, 0.4) is 0 Å². The highest BCUT2D eigenvalue weighted by Crippen LogP contribution is 2.24. The summed E-state index contributed by atoms with van der Waals surface area (Å²) in [7, 11) is 0. The van der Waals surface area contributed by atoms with Gasteiger partial charge >= 0.3 is 0 Å². The normalized spacial score (nSPS) is 17.0. The van der Waals surface area contributed by atoms with E-state index in [9.17, 15) is 14.0 Å². The van der Waals surface area contributed by atoms with Gasteiger partial charge in [0, 0.05) is 24.7 Å². The first-order chi connectivity index (χ1) is 10.9. The Morgan fingerprint density at radius 1 is 1.35 bits per heavy atom. The van der Waals surface area contributed by atoms with Crippen LogP contribution in [0.25, 0.3) is 11.3 Å². The van der Waals surface area contributed by atoms with Gasteiger partial charge in [-0.2, -0.15) is 0 Å². The quantitative estimate of drug-likeness (QED) is 0.917. The minimum Gasteiger partial charge on any atom is -0.355 e. The van der Waals surface area contributed by atoms with Gasteiger partial charge in [0.15, 0.2) is 11.5 Å². The van der Waals surface area contributed by atoms with Gasteiger partial charge in [-0.3, -0.25) is 9.59 Å². The Labute approximate surface area is 132 Å². The molecule has 1 aliphatic rings. The summed E-state index contributed by atoms with van der Waals surface area (Å²) in [5.74, 6) is -0.570. The Morgan fingerprint density at radius 2 is 2.04 bits per heavy atom. The molecule has 3 rings (SSSR count). The molecule has 0 unspecified atom stereocenters. The van der Waals surface area contributed by atoms with Crippen LogP contribution in [0.15, 0.2) is 34.9 Å². The standard InChI is InChI=1S/C16H16FN3O3/c1-16(2)15(22)18-7-8-20(16)14(21)12-9-13(23-19-12)10-3-5-11(17)6-4-10/h3-6,9H,7-8H2,1-2H3,(H,18,22). The molecule has 0 saturated carbocycles. The predicted molar refractivity (Wildman–Crippen MR) is 80.0 cm³/mol. The van der Waals surface area contributed by atoms with Crippen LogP contribution in [0.2, 0.25) is 0 Å². The van der Waals surface area contributed by atoms with E-state index in [1.165, 1.54) is 23.1 Å². The molecule has 1 aromatic carbocycles. The molecule has 1 aliphatic heterocycles. The van der Waals surface area contributed by atoms with Crippen molar-refractivity contribution in [1.29, 1.82) is 0 Å². The molecule has 23 heavy (non-hydrogen) atoms. The first kappa shape index (κ1) is 15.2. The van der Waals surface area contributed by atoms with E-state index in [-0.39, 0.29) is 23.3 Å². The maximum absolute atomic E-state index is 13.0. The van der Waals surface area contributed by atoms with Crippen molar-refractivity contribution in [1.82, 2.24) is 15.4 Å². The van der Waals surface area contributed by atoms with Gasteiger partial charge in [-0.1, -0.05) is 5.16 Å². The minimum absolute atomic E-state index is 0.118. The molecule has 2 heterocycles. The van der Waals surface area contributed by atoms with E-state index >= 15 is 0 Å². The van der Waals surface area contributed by atoms with Crippen LogP contribution in [0, 0.1) is 5.82 Å². The van der Waals surface area contributed by atoms with Crippen molar-refractivity contribution >= 4 is 11.8 Å². The number of aromatic nitrogens is 1. The third-order valence-electron chi connectivity index (χ3n) is 3.95. The molecule has 2 aromatic rings. The SMILES string of the molecule is CC1(C)C(=O)NCCN1C(=O)c1cc(-c2ccc(F)cc2)on1. The van der Waals surface area contributed by atoms with Crippen LogP contribution in [-0.2, 0) is 4.79 Å². The fourth-order valence-electron chi connectivity index (χ4n) is 2.52. The van der Waals surface area contributed by atoms with E-state index in [0.717, 1.165) is 0 Å². The number of nitrogens with zero attached hydrogens (tertiary/aromatic N) is 2. The minimum atomic E-state index is -0.954. The highest BCUT2D eigenvalue weighted by Gasteiger charge is 2.41. The van der Waals surface area contributed by atoms with Crippen molar-refractivity contribution in [2.45, 2.75) is 19.4 Å². The van der Waals surface area contributed by atoms with Crippen LogP contribution in [0.4, 0.5) is 4.39 Å². The first-order valence-corrected chi connectivity index (χ1v) is 7.22. The Balaban J connectivity index is 1.86. The Kier molecular flexibility index (Phi) is 3.63. The van der Waals surface area contributed by atoms with Gasteiger partial charge < -0.3 is 14.7 Å². The molecule has 6 nitrogen and oxygen atoms in total. The average molecular weight is 317 g/mol. The number of nitrogens with one attached hydrogen (secondary N) is 1. The largest absolute Gasteiger partial charge is 0.355 e. The number of amides is 2. The second-order valence-electron chi connectivity index (χ2n) is 5.86. The van der Waals surface area contributed by atoms with E-state index in [1.54, 1.807) is 26.0 Å². The third-order valence-corrected chi connectivity index (χ3v) is 3.95. The number of carbonyl (C=O) groups excluding carboxylic acids is 2. The van der Waals surface area contributed by atoms with E-state index < -0.39 is 5.54 Å². The number of carbonyl (C=O) groups is 2. The Bertz CT molecular complexity index is 752. The molecule has 1 N–H and O–H groups in total. The Morgan fingerprint density at radius 3 is 2.74 bits per heavy atom. The molecule has 1 saturated heterocycles. The van der Waals surface area contributed by atoms with Gasteiger partial charge in [0.1, 0.15) is 11.4 Å². The number of hydrogen-bond acceptors (Lipinski definition) is 4. The monoisotopic (exact) mass is 317 g/mol. The molecule has 0 atom stereocenters. The van der Waals surface area contributed by atoms with Crippen molar-refractivity contribution in [3.8, 4) is 11.3 Å². The van der Waals surface area contributed by atoms with E-state index in [2.05, 4.69) is 10.5 Å². The number of halogens is 1. The van der Waals surface area contributed by atoms with Crippen LogP contribution in [0.1, 0.15) is 24.3 Å². The van der Waals surface area contributed by atoms with Gasteiger partial charge in [0.25, 0.3) is 5.91 Å². The van der Waals surface area contributed by atoms with Crippen LogP contribution >= 0.6 is 0 Å². The molecule has 0 spiro atoms. The predicted octanol–water partition coefficient (Wildman–Crippen LogP) is 1.83. The van der Waals surface area contributed by atoms with Crippen molar-refractivity contribution in [3.63, 3.8) is 0 Å². The number of benzene rings is 1. The highest BCUT2D eigenvalue weighted by atomic mass is 19.1. The fraction of sp³-hybridized carbons (Fsp3) is 0.312. The lowest BCUT2D eigenvalue weighted by atomic mass is 9.98. The average Bonchev–Trinajstić information content (AvgIpc) is 3.00. The van der Waals surface area contributed by atoms with Crippen LogP contribution < -0.4 is 5.32 Å². The summed E-state index contributed by atoms with van der Waals surface area (Å²) < 4.78 is 18.1. The summed E-state index contributed by atoms with van der Waals surface area (Å²) in [4.78, 5) is 26.0. The first-order valence-electron chi connectivity index (χ1n) is 7.22. The lowest BCUT2D eigenvalue weighted by Gasteiger charge is -2.40. The molecule has 7 heteroatoms. The van der Waals surface area contributed by atoms with E-state index in [4.69, 9.17) is 4.52 Å². The molecule has 1 aromatic heterocycles. The molecule has 1 fully saturated rings. The van der Waals surface area contributed by atoms with Crippen molar-refractivity contribution in [2.75, 3.05) is 13.1 Å². The zero-order valence-electron chi connectivity index (χ0n) is 12.8. The molecule has 0 bridgehead atoms. The molecule has 0 aliphatic carbocycles. The zero-order valence-corrected chi connectivity index (χ0v) is 12.8. The van der Waals surface area contributed by atoms with Gasteiger partial charge in [-0.15, -0.1) is 0 Å². The molecule has 120 valence electrons. The number of hydrogen-bond donors (Lipinski definition) is 1. The lowest BCUT2D eigenvalue weighted by molar-refractivity contribution is -0.133.